The summed E-state index contributed by atoms with van der Waals surface area (Å²) in [6, 6.07) is 20.3. The quantitative estimate of drug-likeness (QED) is 0.639. The summed E-state index contributed by atoms with van der Waals surface area (Å²) in [6.45, 7) is 1.28. The van der Waals surface area contributed by atoms with Crippen molar-refractivity contribution in [2.24, 2.45) is 0 Å². The number of ether oxygens (including phenoxy) is 2. The Balaban J connectivity index is 1.48. The van der Waals surface area contributed by atoms with Crippen LogP contribution in [0.25, 0.3) is 0 Å². The van der Waals surface area contributed by atoms with Gasteiger partial charge in [-0.1, -0.05) is 30.3 Å². The molecule has 3 aromatic rings. The van der Waals surface area contributed by atoms with Gasteiger partial charge in [0.25, 0.3) is 15.9 Å². The lowest BCUT2D eigenvalue weighted by molar-refractivity contribution is 0.0950. The van der Waals surface area contributed by atoms with E-state index in [1.165, 1.54) is 23.5 Å². The molecule has 1 N–H and O–H groups in total. The number of sulfonamides is 1. The van der Waals surface area contributed by atoms with E-state index in [1.807, 2.05) is 24.3 Å². The van der Waals surface area contributed by atoms with Gasteiger partial charge in [0.05, 0.1) is 10.6 Å². The van der Waals surface area contributed by atoms with Crippen LogP contribution in [0.4, 0.5) is 5.69 Å². The largest absolute Gasteiger partial charge is 0.486 e. The zero-order valence-electron chi connectivity index (χ0n) is 16.9. The molecule has 7 nitrogen and oxygen atoms in total. The maximum absolute atomic E-state index is 13.0. The van der Waals surface area contributed by atoms with Crippen LogP contribution in [0.3, 0.4) is 0 Å². The van der Waals surface area contributed by atoms with Crippen LogP contribution >= 0.6 is 0 Å². The van der Waals surface area contributed by atoms with E-state index in [2.05, 4.69) is 5.32 Å². The normalized spacial score (nSPS) is 12.8. The van der Waals surface area contributed by atoms with E-state index in [4.69, 9.17) is 9.47 Å². The number of carbonyl (C=O) groups excluding carboxylic acids is 1. The number of hydrogen-bond donors (Lipinski definition) is 1. The van der Waals surface area contributed by atoms with E-state index in [0.29, 0.717) is 30.4 Å². The molecule has 0 aliphatic carbocycles. The molecule has 0 aromatic heterocycles. The van der Waals surface area contributed by atoms with Gasteiger partial charge in [-0.15, -0.1) is 0 Å². The zero-order chi connectivity index (χ0) is 21.8. The molecule has 0 atom stereocenters. The van der Waals surface area contributed by atoms with Crippen LogP contribution in [-0.2, 0) is 16.6 Å². The first-order chi connectivity index (χ1) is 14.9. The number of anilines is 1. The van der Waals surface area contributed by atoms with Crippen LogP contribution in [0, 0.1) is 0 Å². The number of nitrogens with one attached hydrogen (secondary N) is 1. The van der Waals surface area contributed by atoms with Gasteiger partial charge in [0.15, 0.2) is 11.5 Å². The molecule has 8 heteroatoms. The van der Waals surface area contributed by atoms with Crippen molar-refractivity contribution in [3.05, 3.63) is 83.9 Å². The van der Waals surface area contributed by atoms with Gasteiger partial charge < -0.3 is 14.8 Å². The number of benzene rings is 3. The molecule has 0 fully saturated rings. The van der Waals surface area contributed by atoms with Crippen molar-refractivity contribution in [3.8, 4) is 11.5 Å². The monoisotopic (exact) mass is 438 g/mol. The van der Waals surface area contributed by atoms with Crippen LogP contribution in [0.5, 0.6) is 11.5 Å². The fourth-order valence-electron chi connectivity index (χ4n) is 3.21. The third-order valence-corrected chi connectivity index (χ3v) is 6.72. The third-order valence-electron chi connectivity index (χ3n) is 4.93. The molecule has 31 heavy (non-hydrogen) atoms. The molecule has 160 valence electrons. The Morgan fingerprint density at radius 2 is 1.68 bits per heavy atom. The number of fused-ring (bicyclic) bond motifs is 1. The first-order valence-corrected chi connectivity index (χ1v) is 11.2. The molecule has 3 aromatic carbocycles. The van der Waals surface area contributed by atoms with Crippen LogP contribution in [0.1, 0.15) is 15.9 Å². The van der Waals surface area contributed by atoms with E-state index in [9.17, 15) is 13.2 Å². The van der Waals surface area contributed by atoms with Gasteiger partial charge in [-0.25, -0.2) is 8.42 Å². The lowest BCUT2D eigenvalue weighted by Gasteiger charge is -2.20. The van der Waals surface area contributed by atoms with Crippen molar-refractivity contribution in [1.82, 2.24) is 5.32 Å². The van der Waals surface area contributed by atoms with Crippen LogP contribution in [-0.4, -0.2) is 34.6 Å². The van der Waals surface area contributed by atoms with E-state index < -0.39 is 10.0 Å². The van der Waals surface area contributed by atoms with E-state index in [-0.39, 0.29) is 22.9 Å². The van der Waals surface area contributed by atoms with E-state index in [1.54, 1.807) is 36.4 Å². The smallest absolute Gasteiger partial charge is 0.264 e. The number of hydrogen-bond acceptors (Lipinski definition) is 5. The molecule has 0 unspecified atom stereocenters. The molecule has 0 bridgehead atoms. The fourth-order valence-corrected chi connectivity index (χ4v) is 4.46. The Labute approximate surface area is 181 Å². The van der Waals surface area contributed by atoms with Crippen molar-refractivity contribution in [2.45, 2.75) is 11.4 Å². The summed E-state index contributed by atoms with van der Waals surface area (Å²) >= 11 is 0. The molecule has 0 saturated carbocycles. The van der Waals surface area contributed by atoms with Crippen molar-refractivity contribution in [3.63, 3.8) is 0 Å². The van der Waals surface area contributed by atoms with Crippen LogP contribution in [0.2, 0.25) is 0 Å². The van der Waals surface area contributed by atoms with Gasteiger partial charge >= 0.3 is 0 Å². The molecule has 1 amide bonds. The summed E-state index contributed by atoms with van der Waals surface area (Å²) in [5.74, 6) is 0.964. The maximum atomic E-state index is 13.0. The molecule has 0 spiro atoms. The van der Waals surface area contributed by atoms with Gasteiger partial charge in [0.1, 0.15) is 13.2 Å². The molecule has 1 heterocycles. The minimum Gasteiger partial charge on any atom is -0.486 e. The first kappa shape index (κ1) is 20.7. The lowest BCUT2D eigenvalue weighted by atomic mass is 10.1. The molecule has 0 radical (unpaired) electrons. The van der Waals surface area contributed by atoms with Gasteiger partial charge in [0.2, 0.25) is 0 Å². The number of para-hydroxylation sites is 1. The van der Waals surface area contributed by atoms with E-state index >= 15 is 0 Å². The number of rotatable bonds is 6. The molecule has 1 aliphatic rings. The molecule has 0 saturated heterocycles. The number of carbonyl (C=O) groups is 1. The molecular weight excluding hydrogens is 416 g/mol. The Morgan fingerprint density at radius 3 is 2.45 bits per heavy atom. The number of nitrogens with zero attached hydrogens (tertiary/aromatic N) is 1. The second kappa shape index (κ2) is 8.69. The second-order valence-corrected chi connectivity index (χ2v) is 8.97. The van der Waals surface area contributed by atoms with Gasteiger partial charge in [-0.2, -0.15) is 0 Å². The highest BCUT2D eigenvalue weighted by Gasteiger charge is 2.22. The van der Waals surface area contributed by atoms with Crippen molar-refractivity contribution >= 4 is 21.6 Å². The summed E-state index contributed by atoms with van der Waals surface area (Å²) < 4.78 is 38.2. The van der Waals surface area contributed by atoms with Crippen molar-refractivity contribution in [2.75, 3.05) is 24.6 Å². The Morgan fingerprint density at radius 1 is 0.935 bits per heavy atom. The molecular formula is C23H22N2O5S. The van der Waals surface area contributed by atoms with Gasteiger partial charge in [-0.05, 0) is 48.0 Å². The summed E-state index contributed by atoms with van der Waals surface area (Å²) in [4.78, 5) is 12.7. The van der Waals surface area contributed by atoms with E-state index in [0.717, 1.165) is 5.56 Å². The first-order valence-electron chi connectivity index (χ1n) is 9.76. The van der Waals surface area contributed by atoms with Crippen molar-refractivity contribution < 1.29 is 22.7 Å². The summed E-state index contributed by atoms with van der Waals surface area (Å²) in [5.41, 5.74) is 1.65. The van der Waals surface area contributed by atoms with Gasteiger partial charge in [0, 0.05) is 19.2 Å². The van der Waals surface area contributed by atoms with Crippen LogP contribution < -0.4 is 19.1 Å². The summed E-state index contributed by atoms with van der Waals surface area (Å²) in [5, 5.41) is 2.82. The highest BCUT2D eigenvalue weighted by atomic mass is 32.2. The third kappa shape index (κ3) is 4.49. The Kier molecular flexibility index (Phi) is 5.81. The topological polar surface area (TPSA) is 84.9 Å². The Hall–Kier alpha value is -3.52. The van der Waals surface area contributed by atoms with Crippen molar-refractivity contribution in [1.29, 1.82) is 0 Å². The maximum Gasteiger partial charge on any atom is 0.264 e. The highest BCUT2D eigenvalue weighted by molar-refractivity contribution is 7.92. The highest BCUT2D eigenvalue weighted by Crippen LogP contribution is 2.30. The average Bonchev–Trinajstić information content (AvgIpc) is 2.82. The minimum absolute atomic E-state index is 0.0471. The summed E-state index contributed by atoms with van der Waals surface area (Å²) in [7, 11) is -2.32. The lowest BCUT2D eigenvalue weighted by Crippen LogP contribution is -2.27. The fraction of sp³-hybridized carbons (Fsp3) is 0.174. The summed E-state index contributed by atoms with van der Waals surface area (Å²) in [6.07, 6.45) is 0. The zero-order valence-corrected chi connectivity index (χ0v) is 17.8. The predicted octanol–water partition coefficient (Wildman–Crippen LogP) is 3.21. The predicted molar refractivity (Wildman–Crippen MR) is 117 cm³/mol. The standard InChI is InChI=1S/C23H22N2O5S/c1-25(19-7-3-2-4-8-19)31(27,28)20-9-5-6-18(15-20)23(26)24-16-17-10-11-21-22(14-17)30-13-12-29-21/h2-11,14-15H,12-13,16H2,1H3,(H,24,26). The average molecular weight is 439 g/mol. The second-order valence-electron chi connectivity index (χ2n) is 7.00. The minimum atomic E-state index is -3.80. The SMILES string of the molecule is CN(c1ccccc1)S(=O)(=O)c1cccc(C(=O)NCc2ccc3c(c2)OCCO3)c1. The Bertz CT molecular complexity index is 1200. The van der Waals surface area contributed by atoms with Gasteiger partial charge in [-0.3, -0.25) is 9.10 Å². The number of amides is 1. The van der Waals surface area contributed by atoms with Crippen LogP contribution in [0.15, 0.2) is 77.7 Å². The molecule has 4 rings (SSSR count). The molecule has 1 aliphatic heterocycles.